The lowest BCUT2D eigenvalue weighted by atomic mass is 10.0. The van der Waals surface area contributed by atoms with Gasteiger partial charge in [0, 0.05) is 32.7 Å². The Morgan fingerprint density at radius 3 is 1.92 bits per heavy atom. The molecule has 0 aliphatic rings. The summed E-state index contributed by atoms with van der Waals surface area (Å²) in [7, 11) is 0. The molecule has 48 heavy (non-hydrogen) atoms. The van der Waals surface area contributed by atoms with Crippen molar-refractivity contribution in [3.8, 4) is 39.9 Å². The van der Waals surface area contributed by atoms with Gasteiger partial charge in [-0.3, -0.25) is 4.57 Å². The molecule has 0 fully saturated rings. The third-order valence-corrected chi connectivity index (χ3v) is 9.26. The van der Waals surface area contributed by atoms with Crippen LogP contribution in [0, 0.1) is 0 Å². The molecule has 224 valence electrons. The summed E-state index contributed by atoms with van der Waals surface area (Å²) in [5.74, 6) is 1.76. The Morgan fingerprint density at radius 1 is 0.417 bits per heavy atom. The van der Waals surface area contributed by atoms with Gasteiger partial charge in [-0.25, -0.2) is 4.98 Å². The summed E-state index contributed by atoms with van der Waals surface area (Å²) in [4.78, 5) is 15.6. The SMILES string of the molecule is c1ccc(-c2ccc(-c3nc(-c4cccc5oc6ccccc6c45)nc(-n4c5ccccc5c5cc6ccccc6cc54)n3)cc2)cc1. The second-order valence-corrected chi connectivity index (χ2v) is 12.1. The molecule has 10 rings (SSSR count). The fraction of sp³-hybridized carbons (Fsp3) is 0. The van der Waals surface area contributed by atoms with E-state index in [1.165, 1.54) is 5.39 Å². The molecule has 5 nitrogen and oxygen atoms in total. The molecule has 3 heterocycles. The number of aromatic nitrogens is 4. The fourth-order valence-electron chi connectivity index (χ4n) is 6.99. The Kier molecular flexibility index (Phi) is 5.81. The summed E-state index contributed by atoms with van der Waals surface area (Å²) >= 11 is 0. The number of hydrogen-bond acceptors (Lipinski definition) is 4. The number of hydrogen-bond donors (Lipinski definition) is 0. The maximum absolute atomic E-state index is 6.27. The zero-order chi connectivity index (χ0) is 31.6. The molecule has 0 atom stereocenters. The van der Waals surface area contributed by atoms with Crippen molar-refractivity contribution in [2.24, 2.45) is 0 Å². The number of furan rings is 1. The van der Waals surface area contributed by atoms with Crippen molar-refractivity contribution in [1.82, 2.24) is 19.5 Å². The smallest absolute Gasteiger partial charge is 0.238 e. The predicted molar refractivity (Wildman–Crippen MR) is 195 cm³/mol. The number of fused-ring (bicyclic) bond motifs is 7. The molecule has 0 bridgehead atoms. The molecule has 0 saturated heterocycles. The van der Waals surface area contributed by atoms with Gasteiger partial charge in [0.15, 0.2) is 11.6 Å². The minimum atomic E-state index is 0.563. The summed E-state index contributed by atoms with van der Waals surface area (Å²) < 4.78 is 8.45. The number of rotatable bonds is 4. The van der Waals surface area contributed by atoms with Crippen molar-refractivity contribution < 1.29 is 4.42 Å². The maximum Gasteiger partial charge on any atom is 0.238 e. The van der Waals surface area contributed by atoms with Crippen LogP contribution in [0.3, 0.4) is 0 Å². The third-order valence-electron chi connectivity index (χ3n) is 9.26. The van der Waals surface area contributed by atoms with E-state index in [1.807, 2.05) is 36.4 Å². The van der Waals surface area contributed by atoms with Crippen molar-refractivity contribution in [3.05, 3.63) is 158 Å². The van der Waals surface area contributed by atoms with Crippen molar-refractivity contribution in [1.29, 1.82) is 0 Å². The molecule has 0 N–H and O–H groups in total. The molecule has 0 radical (unpaired) electrons. The van der Waals surface area contributed by atoms with E-state index in [-0.39, 0.29) is 0 Å². The quantitative estimate of drug-likeness (QED) is 0.198. The van der Waals surface area contributed by atoms with Crippen LogP contribution in [0.4, 0.5) is 0 Å². The van der Waals surface area contributed by atoms with Gasteiger partial charge in [0.1, 0.15) is 11.2 Å². The van der Waals surface area contributed by atoms with Gasteiger partial charge in [0.2, 0.25) is 5.95 Å². The van der Waals surface area contributed by atoms with Crippen LogP contribution in [0.25, 0.3) is 94.4 Å². The topological polar surface area (TPSA) is 56.7 Å². The molecule has 0 spiro atoms. The summed E-state index contributed by atoms with van der Waals surface area (Å²) in [5.41, 5.74) is 7.83. The molecule has 0 aliphatic carbocycles. The van der Waals surface area contributed by atoms with Gasteiger partial charge in [-0.2, -0.15) is 9.97 Å². The molecular formula is C43H26N4O. The first-order valence-corrected chi connectivity index (χ1v) is 16.0. The van der Waals surface area contributed by atoms with Crippen LogP contribution in [0.5, 0.6) is 0 Å². The van der Waals surface area contributed by atoms with E-state index in [0.717, 1.165) is 71.4 Å². The third kappa shape index (κ3) is 4.15. The second-order valence-electron chi connectivity index (χ2n) is 12.1. The molecule has 7 aromatic carbocycles. The average Bonchev–Trinajstić information content (AvgIpc) is 3.69. The minimum Gasteiger partial charge on any atom is -0.456 e. The zero-order valence-electron chi connectivity index (χ0n) is 25.7. The summed E-state index contributed by atoms with van der Waals surface area (Å²) in [6.07, 6.45) is 0. The van der Waals surface area contributed by atoms with E-state index >= 15 is 0 Å². The highest BCUT2D eigenvalue weighted by Crippen LogP contribution is 2.38. The summed E-state index contributed by atoms with van der Waals surface area (Å²) in [5, 5.41) is 6.68. The molecule has 0 saturated carbocycles. The Balaban J connectivity index is 1.26. The maximum atomic E-state index is 6.27. The first-order chi connectivity index (χ1) is 23.8. The first-order valence-electron chi connectivity index (χ1n) is 16.0. The van der Waals surface area contributed by atoms with E-state index in [0.29, 0.717) is 17.6 Å². The molecule has 3 aromatic heterocycles. The Hall–Kier alpha value is -6.59. The Labute approximate surface area is 275 Å². The summed E-state index contributed by atoms with van der Waals surface area (Å²) in [6.45, 7) is 0. The molecular weight excluding hydrogens is 589 g/mol. The van der Waals surface area contributed by atoms with Crippen LogP contribution in [0.2, 0.25) is 0 Å². The van der Waals surface area contributed by atoms with E-state index in [2.05, 4.69) is 126 Å². The molecule has 0 amide bonds. The van der Waals surface area contributed by atoms with Gasteiger partial charge < -0.3 is 4.42 Å². The second kappa shape index (κ2) is 10.5. The minimum absolute atomic E-state index is 0.563. The van der Waals surface area contributed by atoms with E-state index in [9.17, 15) is 0 Å². The van der Waals surface area contributed by atoms with Crippen LogP contribution in [-0.2, 0) is 0 Å². The van der Waals surface area contributed by atoms with Crippen LogP contribution < -0.4 is 0 Å². The van der Waals surface area contributed by atoms with Crippen molar-refractivity contribution in [3.63, 3.8) is 0 Å². The van der Waals surface area contributed by atoms with Gasteiger partial charge in [-0.05, 0) is 52.2 Å². The van der Waals surface area contributed by atoms with Crippen LogP contribution in [0.15, 0.2) is 162 Å². The van der Waals surface area contributed by atoms with Gasteiger partial charge in [0.05, 0.1) is 11.0 Å². The average molecular weight is 615 g/mol. The van der Waals surface area contributed by atoms with Crippen molar-refractivity contribution in [2.75, 3.05) is 0 Å². The van der Waals surface area contributed by atoms with Crippen molar-refractivity contribution >= 4 is 54.5 Å². The van der Waals surface area contributed by atoms with Gasteiger partial charge in [0.25, 0.3) is 0 Å². The highest BCUT2D eigenvalue weighted by Gasteiger charge is 2.20. The standard InChI is InChI=1S/C43H26N4O/c1-2-11-27(12-3-1)28-21-23-29(24-22-28)41-44-42(34-17-10-20-39-40(34)33-16-7-9-19-38(33)48-39)46-43(45-41)47-36-18-8-6-15-32(36)35-25-30-13-4-5-14-31(30)26-37(35)47/h1-26H. The fourth-order valence-corrected chi connectivity index (χ4v) is 6.99. The van der Waals surface area contributed by atoms with Gasteiger partial charge >= 0.3 is 0 Å². The number of benzene rings is 7. The Bertz CT molecular complexity index is 2830. The highest BCUT2D eigenvalue weighted by molar-refractivity contribution is 6.14. The lowest BCUT2D eigenvalue weighted by molar-refractivity contribution is 0.669. The number of para-hydroxylation sites is 2. The van der Waals surface area contributed by atoms with Gasteiger partial charge in [-0.1, -0.05) is 127 Å². The Morgan fingerprint density at radius 2 is 1.06 bits per heavy atom. The largest absolute Gasteiger partial charge is 0.456 e. The van der Waals surface area contributed by atoms with Gasteiger partial charge in [-0.15, -0.1) is 0 Å². The molecule has 5 heteroatoms. The van der Waals surface area contributed by atoms with Crippen LogP contribution in [-0.4, -0.2) is 19.5 Å². The molecule has 10 aromatic rings. The first kappa shape index (κ1) is 26.6. The predicted octanol–water partition coefficient (Wildman–Crippen LogP) is 11.0. The van der Waals surface area contributed by atoms with Crippen LogP contribution >= 0.6 is 0 Å². The molecule has 0 aliphatic heterocycles. The van der Waals surface area contributed by atoms with Crippen molar-refractivity contribution in [2.45, 2.75) is 0 Å². The normalized spacial score (nSPS) is 11.8. The monoisotopic (exact) mass is 614 g/mol. The van der Waals surface area contributed by atoms with E-state index in [4.69, 9.17) is 19.4 Å². The van der Waals surface area contributed by atoms with Crippen LogP contribution in [0.1, 0.15) is 0 Å². The lowest BCUT2D eigenvalue weighted by Crippen LogP contribution is -2.06. The van der Waals surface area contributed by atoms with E-state index in [1.54, 1.807) is 0 Å². The zero-order valence-corrected chi connectivity index (χ0v) is 25.7. The summed E-state index contributed by atoms with van der Waals surface area (Å²) in [6, 6.07) is 54.5. The number of nitrogens with zero attached hydrogens (tertiary/aromatic N) is 4. The highest BCUT2D eigenvalue weighted by atomic mass is 16.3. The van der Waals surface area contributed by atoms with E-state index < -0.39 is 0 Å². The molecule has 0 unspecified atom stereocenters. The lowest BCUT2D eigenvalue weighted by Gasteiger charge is -2.12.